The molecule has 1 aromatic heterocycles. The van der Waals surface area contributed by atoms with Crippen LogP contribution in [0.25, 0.3) is 0 Å². The number of halogens is 1. The molecule has 100 valence electrons. The highest BCUT2D eigenvalue weighted by molar-refractivity contribution is 6.31. The summed E-state index contributed by atoms with van der Waals surface area (Å²) in [7, 11) is 3.36. The smallest absolute Gasteiger partial charge is 0.204 e. The number of methoxy groups -OCH3 is 1. The molecule has 2 rings (SSSR count). The van der Waals surface area contributed by atoms with Gasteiger partial charge in [-0.15, -0.1) is 0 Å². The highest BCUT2D eigenvalue weighted by Gasteiger charge is 2.12. The maximum Gasteiger partial charge on any atom is 0.204 e. The van der Waals surface area contributed by atoms with Crippen LogP contribution < -0.4 is 15.4 Å². The molecule has 0 saturated carbocycles. The first-order chi connectivity index (χ1) is 9.17. The maximum absolute atomic E-state index is 6.10. The maximum atomic E-state index is 6.10. The van der Waals surface area contributed by atoms with E-state index in [4.69, 9.17) is 16.3 Å². The first-order valence-electron chi connectivity index (χ1n) is 5.76. The molecule has 1 aromatic carbocycles. The van der Waals surface area contributed by atoms with E-state index in [0.29, 0.717) is 22.4 Å². The normalized spacial score (nSPS) is 10.1. The van der Waals surface area contributed by atoms with Crippen molar-refractivity contribution < 1.29 is 4.74 Å². The standard InChI is InChI=1S/C13H15ClN4O/c1-8-9(14)5-4-6-10(8)18-13-11(19-3)12(15-2)16-7-17-13/h4-7H,1-3H3,(H2,15,16,17,18). The highest BCUT2D eigenvalue weighted by Crippen LogP contribution is 2.33. The summed E-state index contributed by atoms with van der Waals surface area (Å²) in [5.74, 6) is 1.77. The lowest BCUT2D eigenvalue weighted by Crippen LogP contribution is -2.04. The average Bonchev–Trinajstić information content (AvgIpc) is 2.43. The molecule has 0 bridgehead atoms. The van der Waals surface area contributed by atoms with Crippen LogP contribution in [0.15, 0.2) is 24.5 Å². The summed E-state index contributed by atoms with van der Waals surface area (Å²) < 4.78 is 5.33. The van der Waals surface area contributed by atoms with Crippen molar-refractivity contribution >= 4 is 28.9 Å². The monoisotopic (exact) mass is 278 g/mol. The third kappa shape index (κ3) is 2.71. The van der Waals surface area contributed by atoms with Crippen molar-refractivity contribution in [2.24, 2.45) is 0 Å². The summed E-state index contributed by atoms with van der Waals surface area (Å²) in [6.45, 7) is 1.94. The molecule has 0 aliphatic carbocycles. The minimum atomic E-state index is 0.560. The van der Waals surface area contributed by atoms with Gasteiger partial charge in [-0.2, -0.15) is 0 Å². The second-order valence-corrected chi connectivity index (χ2v) is 4.30. The van der Waals surface area contributed by atoms with Crippen molar-refractivity contribution in [3.05, 3.63) is 35.1 Å². The van der Waals surface area contributed by atoms with Crippen LogP contribution in [-0.4, -0.2) is 24.1 Å². The number of ether oxygens (including phenoxy) is 1. The van der Waals surface area contributed by atoms with Crippen molar-refractivity contribution in [1.82, 2.24) is 9.97 Å². The summed E-state index contributed by atoms with van der Waals surface area (Å²) in [5, 5.41) is 6.86. The highest BCUT2D eigenvalue weighted by atomic mass is 35.5. The zero-order valence-corrected chi connectivity index (χ0v) is 11.7. The Hall–Kier alpha value is -2.01. The largest absolute Gasteiger partial charge is 0.490 e. The van der Waals surface area contributed by atoms with Crippen molar-refractivity contribution in [2.45, 2.75) is 6.92 Å². The number of hydrogen-bond donors (Lipinski definition) is 2. The lowest BCUT2D eigenvalue weighted by molar-refractivity contribution is 0.415. The average molecular weight is 279 g/mol. The summed E-state index contributed by atoms with van der Waals surface area (Å²) >= 11 is 6.10. The van der Waals surface area contributed by atoms with Gasteiger partial charge < -0.3 is 15.4 Å². The molecular formula is C13H15ClN4O. The van der Waals surface area contributed by atoms with Gasteiger partial charge in [0.05, 0.1) is 7.11 Å². The first-order valence-corrected chi connectivity index (χ1v) is 6.14. The van der Waals surface area contributed by atoms with Crippen LogP contribution in [0.2, 0.25) is 5.02 Å². The van der Waals surface area contributed by atoms with Gasteiger partial charge in [0, 0.05) is 17.8 Å². The zero-order valence-electron chi connectivity index (χ0n) is 11.0. The molecule has 0 atom stereocenters. The fraction of sp³-hybridized carbons (Fsp3) is 0.231. The molecule has 0 unspecified atom stereocenters. The molecule has 0 saturated heterocycles. The van der Waals surface area contributed by atoms with Crippen LogP contribution in [0.1, 0.15) is 5.56 Å². The molecule has 1 heterocycles. The fourth-order valence-electron chi connectivity index (χ4n) is 1.70. The number of hydrogen-bond acceptors (Lipinski definition) is 5. The molecule has 0 spiro atoms. The van der Waals surface area contributed by atoms with Crippen molar-refractivity contribution in [3.8, 4) is 5.75 Å². The van der Waals surface area contributed by atoms with Crippen molar-refractivity contribution in [2.75, 3.05) is 24.8 Å². The third-order valence-corrected chi connectivity index (χ3v) is 3.17. The fourth-order valence-corrected chi connectivity index (χ4v) is 1.88. The molecule has 2 aromatic rings. The Bertz CT molecular complexity index is 589. The van der Waals surface area contributed by atoms with E-state index in [1.807, 2.05) is 25.1 Å². The van der Waals surface area contributed by atoms with Gasteiger partial charge in [-0.25, -0.2) is 9.97 Å². The molecule has 6 heteroatoms. The summed E-state index contributed by atoms with van der Waals surface area (Å²) in [5.41, 5.74) is 1.84. The Labute approximate surface area is 117 Å². The van der Waals surface area contributed by atoms with E-state index in [1.54, 1.807) is 14.2 Å². The summed E-state index contributed by atoms with van der Waals surface area (Å²) in [6, 6.07) is 5.66. The Morgan fingerprint density at radius 1 is 1.21 bits per heavy atom. The summed E-state index contributed by atoms with van der Waals surface area (Å²) in [4.78, 5) is 8.29. The van der Waals surface area contributed by atoms with E-state index in [9.17, 15) is 0 Å². The summed E-state index contributed by atoms with van der Waals surface area (Å²) in [6.07, 6.45) is 1.47. The second kappa shape index (κ2) is 5.75. The van der Waals surface area contributed by atoms with Crippen LogP contribution in [0.5, 0.6) is 5.75 Å². The van der Waals surface area contributed by atoms with Gasteiger partial charge in [0.2, 0.25) is 5.75 Å². The van der Waals surface area contributed by atoms with E-state index >= 15 is 0 Å². The van der Waals surface area contributed by atoms with Crippen LogP contribution in [-0.2, 0) is 0 Å². The van der Waals surface area contributed by atoms with Crippen LogP contribution in [0.3, 0.4) is 0 Å². The molecular weight excluding hydrogens is 264 g/mol. The lowest BCUT2D eigenvalue weighted by atomic mass is 10.2. The molecule has 0 amide bonds. The minimum absolute atomic E-state index is 0.560. The van der Waals surface area contributed by atoms with Crippen LogP contribution >= 0.6 is 11.6 Å². The minimum Gasteiger partial charge on any atom is -0.490 e. The van der Waals surface area contributed by atoms with Gasteiger partial charge in [-0.1, -0.05) is 17.7 Å². The number of anilines is 3. The Morgan fingerprint density at radius 3 is 2.63 bits per heavy atom. The SMILES string of the molecule is CNc1ncnc(Nc2cccc(Cl)c2C)c1OC. The quantitative estimate of drug-likeness (QED) is 0.899. The van der Waals surface area contributed by atoms with Gasteiger partial charge in [-0.3, -0.25) is 0 Å². The first kappa shape index (κ1) is 13.4. The van der Waals surface area contributed by atoms with E-state index in [0.717, 1.165) is 11.3 Å². The number of nitrogens with zero attached hydrogens (tertiary/aromatic N) is 2. The number of nitrogens with one attached hydrogen (secondary N) is 2. The lowest BCUT2D eigenvalue weighted by Gasteiger charge is -2.14. The van der Waals surface area contributed by atoms with Gasteiger partial charge >= 0.3 is 0 Å². The van der Waals surface area contributed by atoms with Gasteiger partial charge in [-0.05, 0) is 24.6 Å². The molecule has 2 N–H and O–H groups in total. The van der Waals surface area contributed by atoms with E-state index in [2.05, 4.69) is 20.6 Å². The van der Waals surface area contributed by atoms with Gasteiger partial charge in [0.1, 0.15) is 6.33 Å². The van der Waals surface area contributed by atoms with E-state index in [-0.39, 0.29) is 0 Å². The van der Waals surface area contributed by atoms with Crippen LogP contribution in [0, 0.1) is 6.92 Å². The van der Waals surface area contributed by atoms with E-state index < -0.39 is 0 Å². The van der Waals surface area contributed by atoms with E-state index in [1.165, 1.54) is 6.33 Å². The molecule has 5 nitrogen and oxygen atoms in total. The zero-order chi connectivity index (χ0) is 13.8. The molecule has 0 fully saturated rings. The molecule has 0 aliphatic rings. The molecule has 0 radical (unpaired) electrons. The van der Waals surface area contributed by atoms with Crippen molar-refractivity contribution in [3.63, 3.8) is 0 Å². The predicted octanol–water partition coefficient (Wildman–Crippen LogP) is 3.23. The third-order valence-electron chi connectivity index (χ3n) is 2.77. The van der Waals surface area contributed by atoms with Gasteiger partial charge in [0.15, 0.2) is 11.6 Å². The Kier molecular flexibility index (Phi) is 4.06. The topological polar surface area (TPSA) is 59.1 Å². The molecule has 0 aliphatic heterocycles. The second-order valence-electron chi connectivity index (χ2n) is 3.89. The van der Waals surface area contributed by atoms with Crippen molar-refractivity contribution in [1.29, 1.82) is 0 Å². The predicted molar refractivity (Wildman–Crippen MR) is 77.6 cm³/mol. The Morgan fingerprint density at radius 2 is 1.95 bits per heavy atom. The number of aromatic nitrogens is 2. The number of benzene rings is 1. The Balaban J connectivity index is 2.41. The van der Waals surface area contributed by atoms with Crippen LogP contribution in [0.4, 0.5) is 17.3 Å². The molecule has 19 heavy (non-hydrogen) atoms. The van der Waals surface area contributed by atoms with Gasteiger partial charge in [0.25, 0.3) is 0 Å². The number of rotatable bonds is 4.